The summed E-state index contributed by atoms with van der Waals surface area (Å²) in [5.41, 5.74) is 4.10. The molecule has 1 aliphatic rings. The maximum Gasteiger partial charge on any atom is 0.338 e. The van der Waals surface area contributed by atoms with Crippen LogP contribution in [0.3, 0.4) is 0 Å². The number of pyridine rings is 1. The van der Waals surface area contributed by atoms with E-state index in [2.05, 4.69) is 34.6 Å². The molecule has 2 aromatic heterocycles. The smallest absolute Gasteiger partial charge is 0.338 e. The number of piperidine rings is 1. The molecule has 3 heterocycles. The van der Waals surface area contributed by atoms with Crippen LogP contribution in [-0.2, 0) is 6.54 Å². The average molecular weight is 472 g/mol. The van der Waals surface area contributed by atoms with Crippen molar-refractivity contribution in [3.05, 3.63) is 94.5 Å². The number of benzene rings is 2. The van der Waals surface area contributed by atoms with Crippen LogP contribution in [0.4, 0.5) is 5.69 Å². The Morgan fingerprint density at radius 2 is 1.68 bits per heavy atom. The van der Waals surface area contributed by atoms with Gasteiger partial charge in [0, 0.05) is 31.2 Å². The molecule has 0 spiro atoms. The predicted molar refractivity (Wildman–Crippen MR) is 135 cm³/mol. The Hall–Kier alpha value is -3.71. The summed E-state index contributed by atoms with van der Waals surface area (Å²) in [7, 11) is 0. The van der Waals surface area contributed by atoms with Gasteiger partial charge in [0.2, 0.25) is 0 Å². The van der Waals surface area contributed by atoms with E-state index in [0.717, 1.165) is 18.4 Å². The highest BCUT2D eigenvalue weighted by atomic mass is 32.1. The molecule has 5 rings (SSSR count). The highest BCUT2D eigenvalue weighted by Gasteiger charge is 2.28. The molecule has 0 saturated carbocycles. The molecule has 34 heavy (non-hydrogen) atoms. The van der Waals surface area contributed by atoms with Crippen molar-refractivity contribution in [2.24, 2.45) is 0 Å². The lowest BCUT2D eigenvalue weighted by Gasteiger charge is -2.32. The molecule has 0 aliphatic carbocycles. The van der Waals surface area contributed by atoms with Crippen molar-refractivity contribution in [3.8, 4) is 0 Å². The zero-order valence-corrected chi connectivity index (χ0v) is 19.4. The number of hydrogen-bond acceptors (Lipinski definition) is 5. The van der Waals surface area contributed by atoms with Gasteiger partial charge in [-0.05, 0) is 29.9 Å². The highest BCUT2D eigenvalue weighted by Crippen LogP contribution is 2.35. The number of likely N-dealkylation sites (tertiary alicyclic amines) is 1. The lowest BCUT2D eigenvalue weighted by Crippen LogP contribution is -2.38. The van der Waals surface area contributed by atoms with Crippen LogP contribution in [0.15, 0.2) is 72.2 Å². The van der Waals surface area contributed by atoms with Crippen LogP contribution in [0.1, 0.15) is 50.6 Å². The summed E-state index contributed by atoms with van der Waals surface area (Å²) in [5.74, 6) is -0.631. The van der Waals surface area contributed by atoms with Gasteiger partial charge in [0.15, 0.2) is 0 Å². The third kappa shape index (κ3) is 4.39. The van der Waals surface area contributed by atoms with Gasteiger partial charge in [-0.3, -0.25) is 9.78 Å². The average Bonchev–Trinajstić information content (AvgIpc) is 3.33. The summed E-state index contributed by atoms with van der Waals surface area (Å²) in [4.78, 5) is 31.5. The van der Waals surface area contributed by atoms with E-state index in [1.54, 1.807) is 5.38 Å². The van der Waals surface area contributed by atoms with Crippen molar-refractivity contribution >= 4 is 39.1 Å². The van der Waals surface area contributed by atoms with Crippen LogP contribution < -0.4 is 5.32 Å². The van der Waals surface area contributed by atoms with Gasteiger partial charge in [0.1, 0.15) is 0 Å². The van der Waals surface area contributed by atoms with Crippen LogP contribution in [0, 0.1) is 0 Å². The van der Waals surface area contributed by atoms with Crippen LogP contribution >= 0.6 is 11.3 Å². The maximum absolute atomic E-state index is 13.6. The van der Waals surface area contributed by atoms with E-state index in [1.165, 1.54) is 23.1 Å². The molecule has 2 aromatic carbocycles. The molecule has 2 N–H and O–H groups in total. The number of hydrogen-bond donors (Lipinski definition) is 2. The quantitative estimate of drug-likeness (QED) is 0.381. The first-order chi connectivity index (χ1) is 16.6. The summed E-state index contributed by atoms with van der Waals surface area (Å²) in [6, 6.07) is 20.4. The van der Waals surface area contributed by atoms with Crippen molar-refractivity contribution in [1.82, 2.24) is 9.88 Å². The Morgan fingerprint density at radius 1 is 1.00 bits per heavy atom. The topological polar surface area (TPSA) is 82.5 Å². The van der Waals surface area contributed by atoms with Gasteiger partial charge in [-0.1, -0.05) is 60.7 Å². The standard InChI is InChI=1S/C27H25N3O3S/c31-26(30-13-11-20(12-14-30)19-9-5-2-6-10-19)21-16-29-24-22(27(32)33)17-34-25(24)23(21)28-15-18-7-3-1-4-8-18/h1-10,16-17,20H,11-15H2,(H,28,29)(H,32,33). The molecule has 1 amide bonds. The molecule has 7 heteroatoms. The Kier molecular flexibility index (Phi) is 6.27. The number of aromatic carboxylic acids is 1. The molecule has 1 fully saturated rings. The van der Waals surface area contributed by atoms with E-state index >= 15 is 0 Å². The number of fused-ring (bicyclic) bond motifs is 1. The van der Waals surface area contributed by atoms with Crippen molar-refractivity contribution in [3.63, 3.8) is 0 Å². The third-order valence-electron chi connectivity index (χ3n) is 6.41. The monoisotopic (exact) mass is 471 g/mol. The molecule has 6 nitrogen and oxygen atoms in total. The second-order valence-corrected chi connectivity index (χ2v) is 9.38. The first kappa shape index (κ1) is 22.1. The van der Waals surface area contributed by atoms with Gasteiger partial charge in [0.05, 0.1) is 27.0 Å². The molecular formula is C27H25N3O3S. The van der Waals surface area contributed by atoms with E-state index in [-0.39, 0.29) is 11.5 Å². The molecule has 0 bridgehead atoms. The highest BCUT2D eigenvalue weighted by molar-refractivity contribution is 7.18. The van der Waals surface area contributed by atoms with Gasteiger partial charge < -0.3 is 15.3 Å². The fourth-order valence-electron chi connectivity index (χ4n) is 4.56. The molecule has 1 aliphatic heterocycles. The van der Waals surface area contributed by atoms with Crippen LogP contribution in [-0.4, -0.2) is 40.0 Å². The number of nitrogens with one attached hydrogen (secondary N) is 1. The summed E-state index contributed by atoms with van der Waals surface area (Å²) in [6.07, 6.45) is 3.36. The SMILES string of the molecule is O=C(O)c1csc2c(NCc3ccccc3)c(C(=O)N3CCC(c4ccccc4)CC3)cnc12. The fraction of sp³-hybridized carbons (Fsp3) is 0.222. The normalized spacial score (nSPS) is 14.3. The minimum atomic E-state index is -1.02. The predicted octanol–water partition coefficient (Wildman–Crippen LogP) is 5.63. The summed E-state index contributed by atoms with van der Waals surface area (Å²) < 4.78 is 0.693. The van der Waals surface area contributed by atoms with E-state index in [9.17, 15) is 14.7 Å². The number of carboxylic acids is 1. The van der Waals surface area contributed by atoms with Crippen molar-refractivity contribution in [2.75, 3.05) is 18.4 Å². The van der Waals surface area contributed by atoms with Crippen LogP contribution in [0.2, 0.25) is 0 Å². The largest absolute Gasteiger partial charge is 0.478 e. The Balaban J connectivity index is 1.42. The van der Waals surface area contributed by atoms with Gasteiger partial charge in [-0.25, -0.2) is 4.79 Å². The lowest BCUT2D eigenvalue weighted by atomic mass is 9.89. The number of carbonyl (C=O) groups excluding carboxylic acids is 1. The molecule has 0 radical (unpaired) electrons. The second kappa shape index (κ2) is 9.65. The third-order valence-corrected chi connectivity index (χ3v) is 7.40. The summed E-state index contributed by atoms with van der Waals surface area (Å²) in [5, 5.41) is 14.5. The number of nitrogens with zero attached hydrogens (tertiary/aromatic N) is 2. The number of carbonyl (C=O) groups is 2. The first-order valence-corrected chi connectivity index (χ1v) is 12.3. The molecule has 1 saturated heterocycles. The van der Waals surface area contributed by atoms with Crippen molar-refractivity contribution in [1.29, 1.82) is 0 Å². The second-order valence-electron chi connectivity index (χ2n) is 8.50. The molecular weight excluding hydrogens is 446 g/mol. The molecule has 4 aromatic rings. The molecule has 0 unspecified atom stereocenters. The number of thiophene rings is 1. The number of rotatable bonds is 6. The van der Waals surface area contributed by atoms with Gasteiger partial charge in [-0.15, -0.1) is 11.3 Å². The number of anilines is 1. The zero-order valence-electron chi connectivity index (χ0n) is 18.6. The van der Waals surface area contributed by atoms with Gasteiger partial charge in [-0.2, -0.15) is 0 Å². The molecule has 172 valence electrons. The summed E-state index contributed by atoms with van der Waals surface area (Å²) >= 11 is 1.30. The maximum atomic E-state index is 13.6. The van der Waals surface area contributed by atoms with Crippen LogP contribution in [0.25, 0.3) is 10.2 Å². The van der Waals surface area contributed by atoms with E-state index in [0.29, 0.717) is 47.0 Å². The van der Waals surface area contributed by atoms with Crippen LogP contribution in [0.5, 0.6) is 0 Å². The Morgan fingerprint density at radius 3 is 2.35 bits per heavy atom. The first-order valence-electron chi connectivity index (χ1n) is 11.4. The lowest BCUT2D eigenvalue weighted by molar-refractivity contribution is 0.0695. The minimum absolute atomic E-state index is 0.0678. The Labute approximate surface area is 201 Å². The van der Waals surface area contributed by atoms with E-state index < -0.39 is 5.97 Å². The Bertz CT molecular complexity index is 1310. The number of carboxylic acid groups (broad SMARTS) is 1. The number of amides is 1. The van der Waals surface area contributed by atoms with Gasteiger partial charge in [0.25, 0.3) is 5.91 Å². The zero-order chi connectivity index (χ0) is 23.5. The fourth-order valence-corrected chi connectivity index (χ4v) is 5.58. The number of aromatic nitrogens is 1. The minimum Gasteiger partial charge on any atom is -0.478 e. The van der Waals surface area contributed by atoms with Gasteiger partial charge >= 0.3 is 5.97 Å². The van der Waals surface area contributed by atoms with E-state index in [1.807, 2.05) is 41.3 Å². The van der Waals surface area contributed by atoms with Crippen molar-refractivity contribution in [2.45, 2.75) is 25.3 Å². The molecule has 0 atom stereocenters. The summed E-state index contributed by atoms with van der Waals surface area (Å²) in [6.45, 7) is 1.88. The van der Waals surface area contributed by atoms with Crippen molar-refractivity contribution < 1.29 is 14.7 Å². The van der Waals surface area contributed by atoms with E-state index in [4.69, 9.17) is 0 Å².